The van der Waals surface area contributed by atoms with Crippen LogP contribution in [0.1, 0.15) is 39.8 Å². The Kier molecular flexibility index (Phi) is 5.98. The summed E-state index contributed by atoms with van der Waals surface area (Å²) in [5.41, 5.74) is -1.44. The van der Waals surface area contributed by atoms with Crippen LogP contribution in [0.2, 0.25) is 0 Å². The number of H-pyrrole nitrogens is 1. The molecule has 3 heterocycles. The molecule has 0 aliphatic carbocycles. The first-order valence-electron chi connectivity index (χ1n) is 9.12. The van der Waals surface area contributed by atoms with Crippen LogP contribution in [0, 0.1) is 0 Å². The minimum Gasteiger partial charge on any atom is -0.388 e. The van der Waals surface area contributed by atoms with Crippen molar-refractivity contribution in [2.24, 2.45) is 0 Å². The Morgan fingerprint density at radius 3 is 2.72 bits per heavy atom. The second-order valence-corrected chi connectivity index (χ2v) is 9.46. The lowest BCUT2D eigenvalue weighted by atomic mass is 9.93. The average Bonchev–Trinajstić information content (AvgIpc) is 3.19. The number of aliphatic hydroxyl groups is 3. The zero-order chi connectivity index (χ0) is 21.6. The van der Waals surface area contributed by atoms with Crippen LogP contribution in [0.25, 0.3) is 11.2 Å². The Morgan fingerprint density at radius 2 is 2.10 bits per heavy atom. The molecular weight excluding hydrogens is 407 g/mol. The molecule has 12 nitrogen and oxygen atoms in total. The van der Waals surface area contributed by atoms with Crippen LogP contribution in [-0.2, 0) is 13.8 Å². The van der Waals surface area contributed by atoms with E-state index in [1.165, 1.54) is 17.2 Å². The third kappa shape index (κ3) is 4.15. The number of aromatic amines is 1. The molecule has 0 amide bonds. The van der Waals surface area contributed by atoms with E-state index in [9.17, 15) is 29.6 Å². The zero-order valence-corrected chi connectivity index (χ0v) is 17.1. The summed E-state index contributed by atoms with van der Waals surface area (Å²) in [5.74, 6) is -1.58. The van der Waals surface area contributed by atoms with Crippen LogP contribution < -0.4 is 5.56 Å². The molecule has 29 heavy (non-hydrogen) atoms. The number of fused-ring (bicyclic) bond motifs is 1. The van der Waals surface area contributed by atoms with Gasteiger partial charge >= 0.3 is 7.60 Å². The monoisotopic (exact) mass is 432 g/mol. The van der Waals surface area contributed by atoms with Crippen molar-refractivity contribution in [2.75, 3.05) is 0 Å². The van der Waals surface area contributed by atoms with Gasteiger partial charge in [0.2, 0.25) is 0 Å². The van der Waals surface area contributed by atoms with Crippen LogP contribution >= 0.6 is 7.60 Å². The number of ether oxygens (including phenoxy) is 1. The maximum Gasteiger partial charge on any atom is 0.356 e. The van der Waals surface area contributed by atoms with Crippen molar-refractivity contribution >= 4 is 18.8 Å². The van der Waals surface area contributed by atoms with Gasteiger partial charge in [0.25, 0.3) is 5.56 Å². The topological polar surface area (TPSA) is 180 Å². The van der Waals surface area contributed by atoms with E-state index >= 15 is 0 Å². The fourth-order valence-corrected chi connectivity index (χ4v) is 4.23. The van der Waals surface area contributed by atoms with Gasteiger partial charge in [-0.3, -0.25) is 13.9 Å². The van der Waals surface area contributed by atoms with Gasteiger partial charge in [-0.05, 0) is 20.3 Å². The van der Waals surface area contributed by atoms with Crippen molar-refractivity contribution in [3.63, 3.8) is 0 Å². The summed E-state index contributed by atoms with van der Waals surface area (Å²) in [6, 6.07) is 0. The highest BCUT2D eigenvalue weighted by Crippen LogP contribution is 2.52. The molecule has 3 rings (SSSR count). The van der Waals surface area contributed by atoms with E-state index < -0.39 is 49.1 Å². The highest BCUT2D eigenvalue weighted by molar-refractivity contribution is 7.53. The lowest BCUT2D eigenvalue weighted by Crippen LogP contribution is -2.38. The first-order chi connectivity index (χ1) is 13.5. The van der Waals surface area contributed by atoms with E-state index in [2.05, 4.69) is 15.0 Å². The largest absolute Gasteiger partial charge is 0.388 e. The van der Waals surface area contributed by atoms with Crippen molar-refractivity contribution in [3.05, 3.63) is 23.0 Å². The van der Waals surface area contributed by atoms with Crippen molar-refractivity contribution in [2.45, 2.75) is 69.6 Å². The standard InChI is InChI=1S/C16H25N4O8P/c1-4-16(3,28-29(25,26)8(2)21)5-9-11(22)12(23)15(27-9)20-7-19-10-13(20)17-6-18-14(10)24/h6-9,11-12,15,21-23H,4-5H2,1-3H3,(H,25,26)(H,17,18,24)/t8?,9-,11-,12-,15?,16?/m1/s1. The molecular formula is C16H25N4O8P. The van der Waals surface area contributed by atoms with Gasteiger partial charge in [-0.1, -0.05) is 6.92 Å². The smallest absolute Gasteiger partial charge is 0.356 e. The van der Waals surface area contributed by atoms with Gasteiger partial charge in [-0.15, -0.1) is 0 Å². The van der Waals surface area contributed by atoms with E-state index in [4.69, 9.17) is 9.26 Å². The van der Waals surface area contributed by atoms with Gasteiger partial charge in [0.15, 0.2) is 23.2 Å². The number of aliphatic hydroxyl groups excluding tert-OH is 3. The normalized spacial score (nSPS) is 30.2. The molecule has 0 saturated carbocycles. The van der Waals surface area contributed by atoms with E-state index in [1.807, 2.05) is 0 Å². The number of nitrogens with one attached hydrogen (secondary N) is 1. The van der Waals surface area contributed by atoms with Crippen LogP contribution in [0.15, 0.2) is 17.4 Å². The van der Waals surface area contributed by atoms with E-state index in [0.29, 0.717) is 0 Å². The average molecular weight is 432 g/mol. The number of hydrogen-bond donors (Lipinski definition) is 5. The van der Waals surface area contributed by atoms with Crippen LogP contribution in [0.3, 0.4) is 0 Å². The second kappa shape index (κ2) is 7.88. The second-order valence-electron chi connectivity index (χ2n) is 7.40. The highest BCUT2D eigenvalue weighted by atomic mass is 31.2. The fraction of sp³-hybridized carbons (Fsp3) is 0.688. The maximum atomic E-state index is 12.1. The Labute approximate surface area is 165 Å². The lowest BCUT2D eigenvalue weighted by molar-refractivity contribution is -0.0665. The van der Waals surface area contributed by atoms with Crippen molar-refractivity contribution in [1.82, 2.24) is 19.5 Å². The lowest BCUT2D eigenvalue weighted by Gasteiger charge is -2.34. The van der Waals surface area contributed by atoms with Crippen molar-refractivity contribution in [3.8, 4) is 0 Å². The number of hydrogen-bond acceptors (Lipinski definition) is 9. The summed E-state index contributed by atoms with van der Waals surface area (Å²) in [7, 11) is -4.30. The minimum absolute atomic E-state index is 0.0316. The molecule has 0 spiro atoms. The zero-order valence-electron chi connectivity index (χ0n) is 16.2. The fourth-order valence-electron chi connectivity index (χ4n) is 3.24. The molecule has 1 saturated heterocycles. The van der Waals surface area contributed by atoms with Crippen LogP contribution in [0.5, 0.6) is 0 Å². The summed E-state index contributed by atoms with van der Waals surface area (Å²) in [6.45, 7) is 4.43. The molecule has 1 aliphatic rings. The van der Waals surface area contributed by atoms with Gasteiger partial charge < -0.3 is 34.5 Å². The Balaban J connectivity index is 1.84. The molecule has 0 radical (unpaired) electrons. The van der Waals surface area contributed by atoms with Crippen LogP contribution in [-0.4, -0.2) is 69.5 Å². The molecule has 2 aromatic rings. The Bertz CT molecular complexity index is 977. The molecule has 4 unspecified atom stereocenters. The van der Waals surface area contributed by atoms with E-state index in [0.717, 1.165) is 6.92 Å². The van der Waals surface area contributed by atoms with E-state index in [1.54, 1.807) is 13.8 Å². The molecule has 162 valence electrons. The van der Waals surface area contributed by atoms with Gasteiger partial charge in [-0.25, -0.2) is 9.97 Å². The third-order valence-corrected chi connectivity index (χ3v) is 6.83. The summed E-state index contributed by atoms with van der Waals surface area (Å²) in [6.07, 6.45) is -2.01. The number of rotatable bonds is 7. The minimum atomic E-state index is -4.30. The quantitative estimate of drug-likeness (QED) is 0.369. The maximum absolute atomic E-state index is 12.1. The van der Waals surface area contributed by atoms with Gasteiger partial charge in [-0.2, -0.15) is 0 Å². The number of nitrogens with zero attached hydrogens (tertiary/aromatic N) is 3. The van der Waals surface area contributed by atoms with Crippen molar-refractivity contribution < 1.29 is 34.0 Å². The van der Waals surface area contributed by atoms with E-state index in [-0.39, 0.29) is 24.0 Å². The van der Waals surface area contributed by atoms with Crippen molar-refractivity contribution in [1.29, 1.82) is 0 Å². The first-order valence-corrected chi connectivity index (χ1v) is 10.8. The summed E-state index contributed by atoms with van der Waals surface area (Å²) in [4.78, 5) is 32.1. The summed E-state index contributed by atoms with van der Waals surface area (Å²) >= 11 is 0. The molecule has 1 fully saturated rings. The van der Waals surface area contributed by atoms with Gasteiger partial charge in [0, 0.05) is 6.42 Å². The number of imidazole rings is 1. The van der Waals surface area contributed by atoms with Gasteiger partial charge in [0.1, 0.15) is 12.2 Å². The van der Waals surface area contributed by atoms with Gasteiger partial charge in [0.05, 0.1) is 24.4 Å². The third-order valence-electron chi connectivity index (χ3n) is 5.18. The molecule has 1 aliphatic heterocycles. The highest BCUT2D eigenvalue weighted by Gasteiger charge is 2.48. The molecule has 7 atom stereocenters. The predicted molar refractivity (Wildman–Crippen MR) is 100.0 cm³/mol. The Morgan fingerprint density at radius 1 is 1.41 bits per heavy atom. The molecule has 2 aromatic heterocycles. The first kappa shape index (κ1) is 22.0. The molecule has 13 heteroatoms. The predicted octanol–water partition coefficient (Wildman–Crippen LogP) is -0.162. The molecule has 5 N–H and O–H groups in total. The summed E-state index contributed by atoms with van der Waals surface area (Å²) < 4.78 is 24.6. The molecule has 0 bridgehead atoms. The van der Waals surface area contributed by atoms with Crippen LogP contribution in [0.4, 0.5) is 0 Å². The summed E-state index contributed by atoms with van der Waals surface area (Å²) in [5, 5.41) is 30.5. The number of aromatic nitrogens is 4. The molecule has 0 aromatic carbocycles. The SMILES string of the molecule is CCC(C)(C[C@H]1OC(n2cnc3c(=O)[nH]cnc32)[C@H](O)[C@@H]1O)OP(=O)(O)C(C)O. The Hall–Kier alpha value is -1.66.